The molecule has 0 saturated carbocycles. The molecule has 3 rings (SSSR count). The van der Waals surface area contributed by atoms with Crippen LogP contribution < -0.4 is 10.6 Å². The first-order chi connectivity index (χ1) is 11.6. The predicted molar refractivity (Wildman–Crippen MR) is 95.1 cm³/mol. The summed E-state index contributed by atoms with van der Waals surface area (Å²) in [6.45, 7) is 0. The van der Waals surface area contributed by atoms with E-state index in [9.17, 15) is 14.9 Å². The maximum Gasteiger partial charge on any atom is 0.324 e. The first kappa shape index (κ1) is 15.7. The maximum absolute atomic E-state index is 12.2. The van der Waals surface area contributed by atoms with Gasteiger partial charge in [-0.1, -0.05) is 35.6 Å². The highest BCUT2D eigenvalue weighted by atomic mass is 32.1. The van der Waals surface area contributed by atoms with E-state index in [0.717, 1.165) is 22.7 Å². The average molecular weight is 339 g/mol. The van der Waals surface area contributed by atoms with Gasteiger partial charge in [-0.15, -0.1) is 0 Å². The highest BCUT2D eigenvalue weighted by Crippen LogP contribution is 2.25. The molecule has 1 heterocycles. The Bertz CT molecular complexity index is 878. The maximum atomic E-state index is 12.2. The van der Waals surface area contributed by atoms with Crippen LogP contribution >= 0.6 is 11.3 Å². The fraction of sp³-hybridized carbons (Fsp3) is 0. The van der Waals surface area contributed by atoms with Crippen molar-refractivity contribution in [2.24, 2.45) is 0 Å². The second-order valence-corrected chi connectivity index (χ2v) is 5.98. The average Bonchev–Trinajstić information content (AvgIpc) is 3.06. The lowest BCUT2D eigenvalue weighted by atomic mass is 10.2. The van der Waals surface area contributed by atoms with Gasteiger partial charge in [0.1, 0.15) is 0 Å². The molecule has 0 radical (unpaired) electrons. The summed E-state index contributed by atoms with van der Waals surface area (Å²) >= 11 is 0.848. The minimum absolute atomic E-state index is 0.0559. The van der Waals surface area contributed by atoms with Gasteiger partial charge in [0.05, 0.1) is 9.80 Å². The van der Waals surface area contributed by atoms with Crippen LogP contribution in [-0.2, 0) is 0 Å². The first-order valence-corrected chi connectivity index (χ1v) is 7.91. The third-order valence-electron chi connectivity index (χ3n) is 3.18. The summed E-state index contributed by atoms with van der Waals surface area (Å²) in [5.41, 5.74) is 2.38. The van der Waals surface area contributed by atoms with Crippen LogP contribution in [0.5, 0.6) is 0 Å². The number of carbonyl (C=O) groups excluding carboxylic acids is 1. The molecule has 0 spiro atoms. The number of para-hydroxylation sites is 1. The van der Waals surface area contributed by atoms with Crippen LogP contribution in [0.2, 0.25) is 0 Å². The number of nitrogens with one attached hydrogen (secondary N) is 2. The molecule has 0 unspecified atom stereocenters. The largest absolute Gasteiger partial charge is 0.355 e. The fourth-order valence-electron chi connectivity index (χ4n) is 2.10. The molecule has 0 fully saturated rings. The molecule has 1 amide bonds. The summed E-state index contributed by atoms with van der Waals surface area (Å²) in [4.78, 5) is 22.7. The molecule has 1 aromatic heterocycles. The SMILES string of the molecule is O=C(Nc1cccc(Nc2ccccc2)c1)c1ccc([N+](=O)[O-])s1. The molecule has 7 heteroatoms. The van der Waals surface area contributed by atoms with Gasteiger partial charge in [-0.25, -0.2) is 0 Å². The van der Waals surface area contributed by atoms with Crippen LogP contribution in [0.3, 0.4) is 0 Å². The predicted octanol–water partition coefficient (Wildman–Crippen LogP) is 4.65. The first-order valence-electron chi connectivity index (χ1n) is 7.09. The van der Waals surface area contributed by atoms with E-state index >= 15 is 0 Å². The van der Waals surface area contributed by atoms with Crippen molar-refractivity contribution in [1.82, 2.24) is 0 Å². The van der Waals surface area contributed by atoms with Gasteiger partial charge in [-0.05, 0) is 36.4 Å². The topological polar surface area (TPSA) is 84.3 Å². The number of benzene rings is 2. The Labute approximate surface area is 141 Å². The smallest absolute Gasteiger partial charge is 0.324 e. The summed E-state index contributed by atoms with van der Waals surface area (Å²) in [6.07, 6.45) is 0. The number of rotatable bonds is 5. The summed E-state index contributed by atoms with van der Waals surface area (Å²) in [5.74, 6) is -0.370. The minimum Gasteiger partial charge on any atom is -0.355 e. The van der Waals surface area contributed by atoms with Gasteiger partial charge in [-0.2, -0.15) is 0 Å². The van der Waals surface area contributed by atoms with Gasteiger partial charge >= 0.3 is 5.00 Å². The standard InChI is InChI=1S/C17H13N3O3S/c21-17(15-9-10-16(24-15)20(22)23)19-14-8-4-7-13(11-14)18-12-5-2-1-3-6-12/h1-11,18H,(H,19,21). The number of hydrogen-bond acceptors (Lipinski definition) is 5. The monoisotopic (exact) mass is 339 g/mol. The lowest BCUT2D eigenvalue weighted by Gasteiger charge is -2.09. The summed E-state index contributed by atoms with van der Waals surface area (Å²) < 4.78 is 0. The van der Waals surface area contributed by atoms with Crippen molar-refractivity contribution in [3.63, 3.8) is 0 Å². The summed E-state index contributed by atoms with van der Waals surface area (Å²) in [6, 6.07) is 19.7. The molecule has 0 saturated heterocycles. The second kappa shape index (κ2) is 6.93. The number of anilines is 3. The normalized spacial score (nSPS) is 10.2. The molecule has 0 aliphatic heterocycles. The van der Waals surface area contributed by atoms with Gasteiger partial charge < -0.3 is 10.6 Å². The number of hydrogen-bond donors (Lipinski definition) is 2. The fourth-order valence-corrected chi connectivity index (χ4v) is 2.82. The Kier molecular flexibility index (Phi) is 4.53. The van der Waals surface area contributed by atoms with E-state index in [1.54, 1.807) is 12.1 Å². The van der Waals surface area contributed by atoms with E-state index in [-0.39, 0.29) is 10.9 Å². The molecule has 0 aliphatic rings. The molecule has 2 aromatic carbocycles. The van der Waals surface area contributed by atoms with Crippen molar-refractivity contribution >= 4 is 39.3 Å². The van der Waals surface area contributed by atoms with Gasteiger partial charge in [0, 0.05) is 23.1 Å². The van der Waals surface area contributed by atoms with Gasteiger partial charge in [-0.3, -0.25) is 14.9 Å². The number of carbonyl (C=O) groups is 1. The Morgan fingerprint density at radius 1 is 0.917 bits per heavy atom. The van der Waals surface area contributed by atoms with Crippen LogP contribution in [0.4, 0.5) is 22.1 Å². The van der Waals surface area contributed by atoms with E-state index < -0.39 is 4.92 Å². The lowest BCUT2D eigenvalue weighted by molar-refractivity contribution is -0.380. The molecular weight excluding hydrogens is 326 g/mol. The highest BCUT2D eigenvalue weighted by Gasteiger charge is 2.15. The van der Waals surface area contributed by atoms with Crippen LogP contribution in [-0.4, -0.2) is 10.8 Å². The Morgan fingerprint density at radius 3 is 2.33 bits per heavy atom. The van der Waals surface area contributed by atoms with Crippen molar-refractivity contribution in [3.05, 3.63) is 81.7 Å². The van der Waals surface area contributed by atoms with E-state index in [1.165, 1.54) is 12.1 Å². The van der Waals surface area contributed by atoms with Gasteiger partial charge in [0.25, 0.3) is 5.91 Å². The highest BCUT2D eigenvalue weighted by molar-refractivity contribution is 7.17. The van der Waals surface area contributed by atoms with Crippen molar-refractivity contribution in [3.8, 4) is 0 Å². The zero-order valence-corrected chi connectivity index (χ0v) is 13.2. The van der Waals surface area contributed by atoms with E-state index in [1.807, 2.05) is 42.5 Å². The van der Waals surface area contributed by atoms with Crippen LogP contribution in [0.15, 0.2) is 66.7 Å². The number of nitrogens with zero attached hydrogens (tertiary/aromatic N) is 1. The molecule has 3 aromatic rings. The molecule has 0 atom stereocenters. The number of amides is 1. The molecule has 24 heavy (non-hydrogen) atoms. The number of nitro groups is 1. The second-order valence-electron chi connectivity index (χ2n) is 4.92. The zero-order valence-electron chi connectivity index (χ0n) is 12.4. The summed E-state index contributed by atoms with van der Waals surface area (Å²) in [5, 5.41) is 16.6. The van der Waals surface area contributed by atoms with E-state index in [0.29, 0.717) is 10.6 Å². The van der Waals surface area contributed by atoms with Crippen molar-refractivity contribution in [1.29, 1.82) is 0 Å². The van der Waals surface area contributed by atoms with E-state index in [4.69, 9.17) is 0 Å². The third kappa shape index (κ3) is 3.76. The van der Waals surface area contributed by atoms with Crippen LogP contribution in [0.25, 0.3) is 0 Å². The Balaban J connectivity index is 1.71. The summed E-state index contributed by atoms with van der Waals surface area (Å²) in [7, 11) is 0. The molecule has 0 aliphatic carbocycles. The quantitative estimate of drug-likeness (QED) is 0.523. The molecule has 6 nitrogen and oxygen atoms in total. The number of thiophene rings is 1. The van der Waals surface area contributed by atoms with Gasteiger partial charge in [0.15, 0.2) is 0 Å². The molecule has 0 bridgehead atoms. The Morgan fingerprint density at radius 2 is 1.62 bits per heavy atom. The van der Waals surface area contributed by atoms with Crippen molar-refractivity contribution in [2.45, 2.75) is 0 Å². The van der Waals surface area contributed by atoms with Crippen LogP contribution in [0, 0.1) is 10.1 Å². The third-order valence-corrected chi connectivity index (χ3v) is 4.21. The van der Waals surface area contributed by atoms with Crippen molar-refractivity contribution in [2.75, 3.05) is 10.6 Å². The minimum atomic E-state index is -0.508. The van der Waals surface area contributed by atoms with E-state index in [2.05, 4.69) is 10.6 Å². The zero-order chi connectivity index (χ0) is 16.9. The van der Waals surface area contributed by atoms with Crippen molar-refractivity contribution < 1.29 is 9.72 Å². The molecular formula is C17H13N3O3S. The molecule has 2 N–H and O–H groups in total. The van der Waals surface area contributed by atoms with Gasteiger partial charge in [0.2, 0.25) is 0 Å². The molecule has 120 valence electrons. The lowest BCUT2D eigenvalue weighted by Crippen LogP contribution is -2.10. The van der Waals surface area contributed by atoms with Crippen LogP contribution in [0.1, 0.15) is 9.67 Å². The Hall–Kier alpha value is -3.19.